The fraction of sp³-hybridized carbons (Fsp3) is 0.400. The Morgan fingerprint density at radius 2 is 2.29 bits per heavy atom. The summed E-state index contributed by atoms with van der Waals surface area (Å²) in [5, 5.41) is 9.02. The van der Waals surface area contributed by atoms with Crippen molar-refractivity contribution >= 4 is 5.97 Å². The summed E-state index contributed by atoms with van der Waals surface area (Å²) in [6.07, 6.45) is 2.99. The van der Waals surface area contributed by atoms with E-state index in [1.54, 1.807) is 18.3 Å². The lowest BCUT2D eigenvalue weighted by atomic mass is 9.98. The highest BCUT2D eigenvalue weighted by molar-refractivity contribution is 5.84. The second kappa shape index (κ2) is 2.97. The van der Waals surface area contributed by atoms with E-state index in [-0.39, 0.29) is 0 Å². The number of carboxylic acids is 1. The van der Waals surface area contributed by atoms with Gasteiger partial charge in [0.2, 0.25) is 5.88 Å². The number of aromatic nitrogens is 1. The number of hydrogen-bond acceptors (Lipinski definition) is 3. The smallest absolute Gasteiger partial charge is 0.314 e. The number of methoxy groups -OCH3 is 1. The highest BCUT2D eigenvalue weighted by Gasteiger charge is 2.51. The van der Waals surface area contributed by atoms with Crippen LogP contribution in [-0.4, -0.2) is 23.2 Å². The quantitative estimate of drug-likeness (QED) is 0.783. The molecule has 1 N–H and O–H groups in total. The van der Waals surface area contributed by atoms with Gasteiger partial charge in [-0.3, -0.25) is 4.79 Å². The first-order valence-electron chi connectivity index (χ1n) is 4.43. The van der Waals surface area contributed by atoms with Crippen molar-refractivity contribution in [2.24, 2.45) is 0 Å². The van der Waals surface area contributed by atoms with E-state index in [2.05, 4.69) is 4.98 Å². The third-order valence-corrected chi connectivity index (χ3v) is 2.66. The van der Waals surface area contributed by atoms with Crippen LogP contribution in [0.4, 0.5) is 0 Å². The van der Waals surface area contributed by atoms with Crippen LogP contribution in [0.2, 0.25) is 0 Å². The maximum Gasteiger partial charge on any atom is 0.314 e. The van der Waals surface area contributed by atoms with Crippen molar-refractivity contribution < 1.29 is 14.6 Å². The molecule has 1 aromatic rings. The first kappa shape index (κ1) is 8.99. The third-order valence-electron chi connectivity index (χ3n) is 2.66. The van der Waals surface area contributed by atoms with Crippen LogP contribution in [0.25, 0.3) is 0 Å². The molecule has 0 aliphatic heterocycles. The number of carboxylic acid groups (broad SMARTS) is 1. The lowest BCUT2D eigenvalue weighted by molar-refractivity contribution is -0.140. The van der Waals surface area contributed by atoms with Crippen molar-refractivity contribution in [1.82, 2.24) is 4.98 Å². The fourth-order valence-corrected chi connectivity index (χ4v) is 1.54. The van der Waals surface area contributed by atoms with Crippen molar-refractivity contribution in [3.05, 3.63) is 23.9 Å². The number of pyridine rings is 1. The van der Waals surface area contributed by atoms with Crippen LogP contribution in [0.15, 0.2) is 18.3 Å². The zero-order valence-corrected chi connectivity index (χ0v) is 7.86. The number of hydrogen-bond donors (Lipinski definition) is 1. The van der Waals surface area contributed by atoms with Gasteiger partial charge in [0.1, 0.15) is 0 Å². The molecule has 4 nitrogen and oxygen atoms in total. The van der Waals surface area contributed by atoms with Crippen LogP contribution < -0.4 is 4.74 Å². The molecule has 1 fully saturated rings. The minimum atomic E-state index is -0.760. The number of rotatable bonds is 3. The van der Waals surface area contributed by atoms with Crippen LogP contribution in [0.3, 0.4) is 0 Å². The van der Waals surface area contributed by atoms with Gasteiger partial charge in [-0.05, 0) is 18.4 Å². The lowest BCUT2D eigenvalue weighted by Crippen LogP contribution is -2.19. The molecule has 1 aromatic heterocycles. The highest BCUT2D eigenvalue weighted by atomic mass is 16.5. The van der Waals surface area contributed by atoms with Gasteiger partial charge in [-0.1, -0.05) is 6.07 Å². The highest BCUT2D eigenvalue weighted by Crippen LogP contribution is 2.48. The van der Waals surface area contributed by atoms with Gasteiger partial charge in [0.05, 0.1) is 12.5 Å². The van der Waals surface area contributed by atoms with Crippen molar-refractivity contribution in [2.45, 2.75) is 18.3 Å². The molecule has 4 heteroatoms. The molecule has 0 radical (unpaired) electrons. The molecule has 0 bridgehead atoms. The van der Waals surface area contributed by atoms with Crippen LogP contribution in [0.5, 0.6) is 5.88 Å². The molecule has 1 heterocycles. The summed E-state index contributed by atoms with van der Waals surface area (Å²) in [6.45, 7) is 0. The van der Waals surface area contributed by atoms with Crippen molar-refractivity contribution in [1.29, 1.82) is 0 Å². The largest absolute Gasteiger partial charge is 0.481 e. The van der Waals surface area contributed by atoms with E-state index in [1.807, 2.05) is 0 Å². The van der Waals surface area contributed by atoms with E-state index in [9.17, 15) is 4.79 Å². The first-order valence-corrected chi connectivity index (χ1v) is 4.43. The van der Waals surface area contributed by atoms with Gasteiger partial charge < -0.3 is 9.84 Å². The summed E-state index contributed by atoms with van der Waals surface area (Å²) in [5.74, 6) is -0.251. The van der Waals surface area contributed by atoms with Crippen molar-refractivity contribution in [2.75, 3.05) is 7.11 Å². The second-order valence-electron chi connectivity index (χ2n) is 3.48. The zero-order valence-electron chi connectivity index (χ0n) is 7.86. The molecule has 1 aliphatic carbocycles. The molecule has 14 heavy (non-hydrogen) atoms. The third kappa shape index (κ3) is 1.23. The first-order chi connectivity index (χ1) is 6.69. The van der Waals surface area contributed by atoms with Gasteiger partial charge in [0.15, 0.2) is 0 Å². The Balaban J connectivity index is 2.29. The Morgan fingerprint density at radius 1 is 1.57 bits per heavy atom. The number of ether oxygens (including phenoxy) is 1. The van der Waals surface area contributed by atoms with E-state index in [4.69, 9.17) is 9.84 Å². The Hall–Kier alpha value is -1.58. The summed E-state index contributed by atoms with van der Waals surface area (Å²) < 4.78 is 4.90. The van der Waals surface area contributed by atoms with Gasteiger partial charge in [-0.15, -0.1) is 0 Å². The Morgan fingerprint density at radius 3 is 2.64 bits per heavy atom. The SMILES string of the molecule is COc1ccc(C2(C(=O)O)CC2)cn1. The van der Waals surface area contributed by atoms with Crippen molar-refractivity contribution in [3.63, 3.8) is 0 Å². The molecule has 0 unspecified atom stereocenters. The van der Waals surface area contributed by atoms with Gasteiger partial charge in [-0.2, -0.15) is 0 Å². The molecular formula is C10H11NO3. The maximum absolute atomic E-state index is 11.0. The van der Waals surface area contributed by atoms with E-state index in [0.29, 0.717) is 18.7 Å². The van der Waals surface area contributed by atoms with Gasteiger partial charge >= 0.3 is 5.97 Å². The number of carbonyl (C=O) groups is 1. The lowest BCUT2D eigenvalue weighted by Gasteiger charge is -2.09. The fourth-order valence-electron chi connectivity index (χ4n) is 1.54. The minimum Gasteiger partial charge on any atom is -0.481 e. The number of aliphatic carboxylic acids is 1. The normalized spacial score (nSPS) is 17.5. The van der Waals surface area contributed by atoms with E-state index < -0.39 is 11.4 Å². The Labute approximate surface area is 81.5 Å². The summed E-state index contributed by atoms with van der Waals surface area (Å²) in [4.78, 5) is 15.0. The Bertz CT molecular complexity index is 354. The van der Waals surface area contributed by atoms with Gasteiger partial charge in [-0.25, -0.2) is 4.98 Å². The summed E-state index contributed by atoms with van der Waals surface area (Å²) >= 11 is 0. The standard InChI is InChI=1S/C10H11NO3/c1-14-8-3-2-7(6-11-8)10(4-5-10)9(12)13/h2-3,6H,4-5H2,1H3,(H,12,13). The minimum absolute atomic E-state index is 0.509. The van der Waals surface area contributed by atoms with Crippen LogP contribution in [0, 0.1) is 0 Å². The maximum atomic E-state index is 11.0. The van der Waals surface area contributed by atoms with Gasteiger partial charge in [0, 0.05) is 12.3 Å². The molecule has 0 amide bonds. The predicted octanol–water partition coefficient (Wildman–Crippen LogP) is 1.21. The monoisotopic (exact) mass is 193 g/mol. The van der Waals surface area contributed by atoms with E-state index in [0.717, 1.165) is 5.56 Å². The summed E-state index contributed by atoms with van der Waals surface area (Å²) in [5.41, 5.74) is 0.102. The molecule has 0 atom stereocenters. The zero-order chi connectivity index (χ0) is 10.2. The molecule has 1 aliphatic rings. The summed E-state index contributed by atoms with van der Waals surface area (Å²) in [7, 11) is 1.53. The average molecular weight is 193 g/mol. The molecule has 0 aromatic carbocycles. The molecular weight excluding hydrogens is 182 g/mol. The van der Waals surface area contributed by atoms with Crippen molar-refractivity contribution in [3.8, 4) is 5.88 Å². The molecule has 1 saturated carbocycles. The topological polar surface area (TPSA) is 59.4 Å². The van der Waals surface area contributed by atoms with Gasteiger partial charge in [0.25, 0.3) is 0 Å². The van der Waals surface area contributed by atoms with Crippen LogP contribution >= 0.6 is 0 Å². The Kier molecular flexibility index (Phi) is 1.91. The van der Waals surface area contributed by atoms with Crippen LogP contribution in [-0.2, 0) is 10.2 Å². The molecule has 0 saturated heterocycles. The predicted molar refractivity (Wildman–Crippen MR) is 49.3 cm³/mol. The molecule has 2 rings (SSSR count). The van der Waals surface area contributed by atoms with E-state index >= 15 is 0 Å². The number of nitrogens with zero attached hydrogens (tertiary/aromatic N) is 1. The second-order valence-corrected chi connectivity index (χ2v) is 3.48. The molecule has 0 spiro atoms. The summed E-state index contributed by atoms with van der Waals surface area (Å²) in [6, 6.07) is 3.46. The van der Waals surface area contributed by atoms with Crippen LogP contribution in [0.1, 0.15) is 18.4 Å². The van der Waals surface area contributed by atoms with E-state index in [1.165, 1.54) is 7.11 Å². The molecule has 74 valence electrons. The average Bonchev–Trinajstić information content (AvgIpc) is 2.99.